The monoisotopic (exact) mass is 236 g/mol. The van der Waals surface area contributed by atoms with Crippen molar-refractivity contribution in [3.05, 3.63) is 18.2 Å². The second kappa shape index (κ2) is 7.05. The first-order chi connectivity index (χ1) is 8.19. The minimum absolute atomic E-state index is 0.717. The van der Waals surface area contributed by atoms with Crippen molar-refractivity contribution >= 4 is 11.4 Å². The highest BCUT2D eigenvalue weighted by Gasteiger charge is 2.04. The Kier molecular flexibility index (Phi) is 5.67. The van der Waals surface area contributed by atoms with Crippen LogP contribution in [0.5, 0.6) is 5.75 Å². The van der Waals surface area contributed by atoms with Gasteiger partial charge in [0.15, 0.2) is 0 Å². The van der Waals surface area contributed by atoms with Crippen molar-refractivity contribution in [1.29, 1.82) is 0 Å². The molecule has 0 amide bonds. The summed E-state index contributed by atoms with van der Waals surface area (Å²) >= 11 is 0. The Morgan fingerprint density at radius 1 is 1.24 bits per heavy atom. The lowest BCUT2D eigenvalue weighted by Gasteiger charge is -2.18. The van der Waals surface area contributed by atoms with Gasteiger partial charge in [0, 0.05) is 25.3 Å². The first-order valence-corrected chi connectivity index (χ1v) is 6.42. The van der Waals surface area contributed by atoms with Gasteiger partial charge in [-0.25, -0.2) is 0 Å². The molecule has 1 aromatic rings. The van der Waals surface area contributed by atoms with E-state index in [1.165, 1.54) is 12.8 Å². The van der Waals surface area contributed by atoms with Crippen LogP contribution >= 0.6 is 0 Å². The molecule has 0 unspecified atom stereocenters. The molecule has 96 valence electrons. The fourth-order valence-electron chi connectivity index (χ4n) is 1.60. The maximum atomic E-state index is 5.90. The third-order valence-electron chi connectivity index (χ3n) is 2.92. The second-order valence-electron chi connectivity index (χ2n) is 4.29. The molecule has 0 atom stereocenters. The van der Waals surface area contributed by atoms with Gasteiger partial charge in [-0.1, -0.05) is 19.8 Å². The summed E-state index contributed by atoms with van der Waals surface area (Å²) in [6, 6.07) is 5.96. The predicted octanol–water partition coefficient (Wildman–Crippen LogP) is 3.29. The van der Waals surface area contributed by atoms with Crippen molar-refractivity contribution in [3.8, 4) is 5.75 Å². The Balaban J connectivity index is 2.63. The summed E-state index contributed by atoms with van der Waals surface area (Å²) in [7, 11) is 2.06. The molecule has 0 spiro atoms. The molecule has 0 aromatic heterocycles. The summed E-state index contributed by atoms with van der Waals surface area (Å²) in [5.41, 5.74) is 7.77. The Labute approximate surface area is 105 Å². The summed E-state index contributed by atoms with van der Waals surface area (Å²) in [5, 5.41) is 0. The maximum Gasteiger partial charge on any atom is 0.144 e. The van der Waals surface area contributed by atoms with Gasteiger partial charge < -0.3 is 15.4 Å². The van der Waals surface area contributed by atoms with E-state index < -0.39 is 0 Å². The first-order valence-electron chi connectivity index (χ1n) is 6.42. The fraction of sp³-hybridized carbons (Fsp3) is 0.571. The zero-order valence-electron chi connectivity index (χ0n) is 11.2. The lowest BCUT2D eigenvalue weighted by molar-refractivity contribution is 0.308. The van der Waals surface area contributed by atoms with E-state index in [-0.39, 0.29) is 0 Å². The number of benzene rings is 1. The normalized spacial score (nSPS) is 10.3. The van der Waals surface area contributed by atoms with Gasteiger partial charge in [0.25, 0.3) is 0 Å². The highest BCUT2D eigenvalue weighted by Crippen LogP contribution is 2.27. The van der Waals surface area contributed by atoms with Crippen molar-refractivity contribution in [3.63, 3.8) is 0 Å². The van der Waals surface area contributed by atoms with Gasteiger partial charge >= 0.3 is 0 Å². The van der Waals surface area contributed by atoms with Crippen molar-refractivity contribution in [2.45, 2.75) is 33.1 Å². The lowest BCUT2D eigenvalue weighted by atomic mass is 10.2. The molecule has 0 fully saturated rings. The number of unbranched alkanes of at least 4 members (excludes halogenated alkanes) is 2. The molecule has 0 radical (unpaired) electrons. The molecule has 17 heavy (non-hydrogen) atoms. The van der Waals surface area contributed by atoms with Crippen molar-refractivity contribution in [1.82, 2.24) is 0 Å². The van der Waals surface area contributed by atoms with Crippen LogP contribution in [0.4, 0.5) is 11.4 Å². The second-order valence-corrected chi connectivity index (χ2v) is 4.29. The van der Waals surface area contributed by atoms with Crippen LogP contribution in [0, 0.1) is 0 Å². The first kappa shape index (κ1) is 13.7. The molecule has 2 N–H and O–H groups in total. The van der Waals surface area contributed by atoms with Gasteiger partial charge in [0.2, 0.25) is 0 Å². The van der Waals surface area contributed by atoms with E-state index in [9.17, 15) is 0 Å². The average Bonchev–Trinajstić information content (AvgIpc) is 2.35. The molecular weight excluding hydrogens is 212 g/mol. The SMILES string of the molecule is CCCCCOc1cc(N(C)CC)ccc1N. The predicted molar refractivity (Wildman–Crippen MR) is 74.8 cm³/mol. The van der Waals surface area contributed by atoms with E-state index in [2.05, 4.69) is 25.8 Å². The molecule has 3 nitrogen and oxygen atoms in total. The van der Waals surface area contributed by atoms with Crippen molar-refractivity contribution in [2.24, 2.45) is 0 Å². The number of anilines is 2. The fourth-order valence-corrected chi connectivity index (χ4v) is 1.60. The molecular formula is C14H24N2O. The van der Waals surface area contributed by atoms with Crippen LogP contribution in [0.3, 0.4) is 0 Å². The van der Waals surface area contributed by atoms with E-state index in [0.717, 1.165) is 36.7 Å². The molecule has 0 bridgehead atoms. The average molecular weight is 236 g/mol. The molecule has 0 heterocycles. The summed E-state index contributed by atoms with van der Waals surface area (Å²) in [6.45, 7) is 6.03. The molecule has 1 aromatic carbocycles. The minimum Gasteiger partial charge on any atom is -0.491 e. The smallest absolute Gasteiger partial charge is 0.144 e. The van der Waals surface area contributed by atoms with Gasteiger partial charge in [-0.3, -0.25) is 0 Å². The van der Waals surface area contributed by atoms with Crippen molar-refractivity contribution in [2.75, 3.05) is 30.8 Å². The van der Waals surface area contributed by atoms with E-state index in [1.54, 1.807) is 0 Å². The zero-order valence-corrected chi connectivity index (χ0v) is 11.2. The number of nitrogens with zero attached hydrogens (tertiary/aromatic N) is 1. The van der Waals surface area contributed by atoms with Gasteiger partial charge in [-0.2, -0.15) is 0 Å². The lowest BCUT2D eigenvalue weighted by Crippen LogP contribution is -2.15. The largest absolute Gasteiger partial charge is 0.491 e. The van der Waals surface area contributed by atoms with Crippen LogP contribution in [-0.2, 0) is 0 Å². The number of ether oxygens (including phenoxy) is 1. The van der Waals surface area contributed by atoms with E-state index in [4.69, 9.17) is 10.5 Å². The Hall–Kier alpha value is -1.38. The number of hydrogen-bond acceptors (Lipinski definition) is 3. The molecule has 3 heteroatoms. The highest BCUT2D eigenvalue weighted by atomic mass is 16.5. The van der Waals surface area contributed by atoms with Crippen molar-refractivity contribution < 1.29 is 4.74 Å². The molecule has 1 rings (SSSR count). The van der Waals surface area contributed by atoms with Crippen LogP contribution < -0.4 is 15.4 Å². The van der Waals surface area contributed by atoms with Crippen LogP contribution in [0.15, 0.2) is 18.2 Å². The topological polar surface area (TPSA) is 38.5 Å². The van der Waals surface area contributed by atoms with E-state index >= 15 is 0 Å². The number of hydrogen-bond donors (Lipinski definition) is 1. The molecule has 0 aliphatic rings. The van der Waals surface area contributed by atoms with Gasteiger partial charge in [-0.15, -0.1) is 0 Å². The highest BCUT2D eigenvalue weighted by molar-refractivity contribution is 5.62. The standard InChI is InChI=1S/C14H24N2O/c1-4-6-7-10-17-14-11-12(16(3)5-2)8-9-13(14)15/h8-9,11H,4-7,10,15H2,1-3H3. The van der Waals surface area contributed by atoms with Crippen LogP contribution in [-0.4, -0.2) is 20.2 Å². The van der Waals surface area contributed by atoms with Gasteiger partial charge in [0.1, 0.15) is 5.75 Å². The number of nitrogen functional groups attached to an aromatic ring is 1. The summed E-state index contributed by atoms with van der Waals surface area (Å²) in [6.07, 6.45) is 3.50. The van der Waals surface area contributed by atoms with Crippen LogP contribution in [0.25, 0.3) is 0 Å². The quantitative estimate of drug-likeness (QED) is 0.583. The van der Waals surface area contributed by atoms with Gasteiger partial charge in [-0.05, 0) is 25.5 Å². The van der Waals surface area contributed by atoms with Crippen LogP contribution in [0.2, 0.25) is 0 Å². The molecule has 0 aliphatic carbocycles. The van der Waals surface area contributed by atoms with E-state index in [1.807, 2.05) is 18.2 Å². The Bertz CT molecular complexity index is 339. The Morgan fingerprint density at radius 3 is 2.65 bits per heavy atom. The summed E-state index contributed by atoms with van der Waals surface area (Å²) in [4.78, 5) is 2.17. The molecule has 0 saturated carbocycles. The van der Waals surface area contributed by atoms with Crippen LogP contribution in [0.1, 0.15) is 33.1 Å². The van der Waals surface area contributed by atoms with Gasteiger partial charge in [0.05, 0.1) is 12.3 Å². The third-order valence-corrected chi connectivity index (χ3v) is 2.92. The third kappa shape index (κ3) is 4.17. The number of rotatable bonds is 7. The minimum atomic E-state index is 0.717. The molecule has 0 saturated heterocycles. The molecule has 0 aliphatic heterocycles. The van der Waals surface area contributed by atoms with E-state index in [0.29, 0.717) is 0 Å². The number of nitrogens with two attached hydrogens (primary N) is 1. The summed E-state index contributed by atoms with van der Waals surface area (Å²) < 4.78 is 5.72. The zero-order chi connectivity index (χ0) is 12.7. The summed E-state index contributed by atoms with van der Waals surface area (Å²) in [5.74, 6) is 0.805. The maximum absolute atomic E-state index is 5.90. The Morgan fingerprint density at radius 2 is 2.00 bits per heavy atom.